The number of hydrogen-bond donors (Lipinski definition) is 4. The minimum Gasteiger partial charge on any atom is -0.397 e. The highest BCUT2D eigenvalue weighted by molar-refractivity contribution is 6.19. The van der Waals surface area contributed by atoms with Crippen LogP contribution in [0.15, 0.2) is 53.2 Å². The first-order valence-corrected chi connectivity index (χ1v) is 8.18. The Morgan fingerprint density at radius 3 is 2.32 bits per heavy atom. The van der Waals surface area contributed by atoms with Gasteiger partial charge in [0.1, 0.15) is 0 Å². The quantitative estimate of drug-likeness (QED) is 0.484. The topological polar surface area (TPSA) is 111 Å². The van der Waals surface area contributed by atoms with Crippen molar-refractivity contribution in [1.29, 1.82) is 0 Å². The number of aliphatic hydroxyl groups excluding tert-OH is 2. The van der Waals surface area contributed by atoms with Crippen molar-refractivity contribution in [3.05, 3.63) is 48.2 Å². The highest BCUT2D eigenvalue weighted by Crippen LogP contribution is 2.18. The molecule has 0 radical (unpaired) electrons. The van der Waals surface area contributed by atoms with Crippen LogP contribution in [0.5, 0.6) is 0 Å². The predicted octanol–water partition coefficient (Wildman–Crippen LogP) is 0.439. The fraction of sp³-hybridized carbons (Fsp3) is 0.333. The molecule has 2 rings (SSSR count). The van der Waals surface area contributed by atoms with Gasteiger partial charge in [0.25, 0.3) is 0 Å². The van der Waals surface area contributed by atoms with E-state index < -0.39 is 0 Å². The minimum atomic E-state index is -0.132. The van der Waals surface area contributed by atoms with E-state index >= 15 is 0 Å². The van der Waals surface area contributed by atoms with E-state index in [2.05, 4.69) is 10.3 Å². The Labute approximate surface area is 147 Å². The van der Waals surface area contributed by atoms with Crippen molar-refractivity contribution in [1.82, 2.24) is 4.90 Å². The molecule has 0 heterocycles. The van der Waals surface area contributed by atoms with E-state index in [1.807, 2.05) is 29.2 Å². The molecule has 5 N–H and O–H groups in total. The number of nitrogens with two attached hydrogens (primary N) is 1. The molecule has 134 valence electrons. The molecule has 0 unspecified atom stereocenters. The SMILES string of the molecule is NC1=CC(=O)C=CC1=Nc1ccc(NCCN(CCO)CCO)cc1. The Balaban J connectivity index is 1.89. The van der Waals surface area contributed by atoms with Crippen LogP contribution >= 0.6 is 0 Å². The molecule has 0 spiro atoms. The number of hydrogen-bond acceptors (Lipinski definition) is 7. The van der Waals surface area contributed by atoms with E-state index in [0.29, 0.717) is 31.0 Å². The van der Waals surface area contributed by atoms with Gasteiger partial charge in [-0.05, 0) is 36.4 Å². The second kappa shape index (κ2) is 9.73. The number of allylic oxidation sites excluding steroid dienone is 3. The zero-order valence-corrected chi connectivity index (χ0v) is 14.1. The maximum absolute atomic E-state index is 11.2. The van der Waals surface area contributed by atoms with Crippen molar-refractivity contribution < 1.29 is 15.0 Å². The molecule has 25 heavy (non-hydrogen) atoms. The highest BCUT2D eigenvalue weighted by atomic mass is 16.3. The van der Waals surface area contributed by atoms with Gasteiger partial charge in [-0.1, -0.05) is 0 Å². The molecule has 7 nitrogen and oxygen atoms in total. The predicted molar refractivity (Wildman–Crippen MR) is 99.1 cm³/mol. The number of aliphatic imine (C=N–C) groups is 1. The summed E-state index contributed by atoms with van der Waals surface area (Å²) in [7, 11) is 0. The Kier molecular flexibility index (Phi) is 7.34. The Hall–Kier alpha value is -2.48. The van der Waals surface area contributed by atoms with Crippen molar-refractivity contribution >= 4 is 22.9 Å². The van der Waals surface area contributed by atoms with Crippen LogP contribution in [-0.2, 0) is 4.79 Å². The molecule has 0 aliphatic heterocycles. The lowest BCUT2D eigenvalue weighted by Crippen LogP contribution is -2.34. The molecule has 0 aromatic heterocycles. The fourth-order valence-electron chi connectivity index (χ4n) is 2.40. The standard InChI is InChI=1S/C18H24N4O3/c19-17-13-16(25)5-6-18(17)21-15-3-1-14(2-4-15)20-7-8-22(9-11-23)10-12-24/h1-6,13,20,23-24H,7-12,19H2. The molecule has 0 saturated carbocycles. The van der Waals surface area contributed by atoms with Crippen LogP contribution in [0.4, 0.5) is 11.4 Å². The van der Waals surface area contributed by atoms with Gasteiger partial charge < -0.3 is 21.3 Å². The summed E-state index contributed by atoms with van der Waals surface area (Å²) in [6.07, 6.45) is 4.41. The summed E-state index contributed by atoms with van der Waals surface area (Å²) in [6, 6.07) is 7.57. The van der Waals surface area contributed by atoms with Gasteiger partial charge in [0.05, 0.1) is 30.3 Å². The van der Waals surface area contributed by atoms with Gasteiger partial charge in [-0.3, -0.25) is 9.69 Å². The number of nitrogens with one attached hydrogen (secondary N) is 1. The fourth-order valence-corrected chi connectivity index (χ4v) is 2.40. The van der Waals surface area contributed by atoms with Crippen molar-refractivity contribution in [3.63, 3.8) is 0 Å². The molecule has 0 fully saturated rings. The summed E-state index contributed by atoms with van der Waals surface area (Å²) < 4.78 is 0. The van der Waals surface area contributed by atoms with Crippen LogP contribution in [0.1, 0.15) is 0 Å². The molecule has 0 amide bonds. The largest absolute Gasteiger partial charge is 0.397 e. The molecule has 1 aliphatic carbocycles. The third-order valence-electron chi connectivity index (χ3n) is 3.71. The number of anilines is 1. The van der Waals surface area contributed by atoms with E-state index in [0.717, 1.165) is 17.9 Å². The molecular weight excluding hydrogens is 320 g/mol. The first-order chi connectivity index (χ1) is 12.1. The van der Waals surface area contributed by atoms with Gasteiger partial charge >= 0.3 is 0 Å². The minimum absolute atomic E-state index is 0.0760. The summed E-state index contributed by atoms with van der Waals surface area (Å²) in [5, 5.41) is 21.3. The summed E-state index contributed by atoms with van der Waals surface area (Å²) in [6.45, 7) is 2.67. The van der Waals surface area contributed by atoms with E-state index in [1.54, 1.807) is 6.08 Å². The Morgan fingerprint density at radius 1 is 1.04 bits per heavy atom. The molecule has 1 aromatic carbocycles. The third kappa shape index (κ3) is 6.15. The molecule has 1 aromatic rings. The normalized spacial score (nSPS) is 15.7. The zero-order chi connectivity index (χ0) is 18.1. The van der Waals surface area contributed by atoms with Crippen molar-refractivity contribution in [2.45, 2.75) is 0 Å². The van der Waals surface area contributed by atoms with Crippen LogP contribution in [-0.4, -0.2) is 66.0 Å². The van der Waals surface area contributed by atoms with Crippen molar-refractivity contribution in [2.75, 3.05) is 44.7 Å². The molecule has 1 aliphatic rings. The van der Waals surface area contributed by atoms with E-state index in [9.17, 15) is 4.79 Å². The highest BCUT2D eigenvalue weighted by Gasteiger charge is 2.08. The lowest BCUT2D eigenvalue weighted by molar-refractivity contribution is -0.110. The first kappa shape index (κ1) is 18.9. The van der Waals surface area contributed by atoms with Gasteiger partial charge in [-0.25, -0.2) is 4.99 Å². The smallest absolute Gasteiger partial charge is 0.180 e. The molecule has 7 heteroatoms. The van der Waals surface area contributed by atoms with Gasteiger partial charge in [-0.2, -0.15) is 0 Å². The number of benzene rings is 1. The van der Waals surface area contributed by atoms with E-state index in [-0.39, 0.29) is 19.0 Å². The first-order valence-electron chi connectivity index (χ1n) is 8.18. The number of nitrogens with zero attached hydrogens (tertiary/aromatic N) is 2. The van der Waals surface area contributed by atoms with Gasteiger partial charge in [0, 0.05) is 37.9 Å². The number of rotatable bonds is 9. The van der Waals surface area contributed by atoms with Gasteiger partial charge in [0.2, 0.25) is 0 Å². The van der Waals surface area contributed by atoms with Gasteiger partial charge in [-0.15, -0.1) is 0 Å². The van der Waals surface area contributed by atoms with Crippen LogP contribution in [0.2, 0.25) is 0 Å². The van der Waals surface area contributed by atoms with Crippen molar-refractivity contribution in [3.8, 4) is 0 Å². The van der Waals surface area contributed by atoms with Crippen LogP contribution in [0.3, 0.4) is 0 Å². The summed E-state index contributed by atoms with van der Waals surface area (Å²) in [5.41, 5.74) is 8.43. The number of carbonyl (C=O) groups is 1. The maximum atomic E-state index is 11.2. The monoisotopic (exact) mass is 344 g/mol. The molecular formula is C18H24N4O3. The third-order valence-corrected chi connectivity index (χ3v) is 3.71. The average molecular weight is 344 g/mol. The number of aliphatic hydroxyl groups is 2. The molecule has 0 atom stereocenters. The average Bonchev–Trinajstić information content (AvgIpc) is 2.59. The van der Waals surface area contributed by atoms with Crippen molar-refractivity contribution in [2.24, 2.45) is 10.7 Å². The lowest BCUT2D eigenvalue weighted by Gasteiger charge is -2.20. The van der Waals surface area contributed by atoms with E-state index in [1.165, 1.54) is 12.2 Å². The van der Waals surface area contributed by atoms with Crippen LogP contribution in [0.25, 0.3) is 0 Å². The lowest BCUT2D eigenvalue weighted by atomic mass is 10.1. The summed E-state index contributed by atoms with van der Waals surface area (Å²) in [4.78, 5) is 17.6. The summed E-state index contributed by atoms with van der Waals surface area (Å²) in [5.74, 6) is -0.132. The number of ketones is 1. The Morgan fingerprint density at radius 2 is 1.72 bits per heavy atom. The Bertz CT molecular complexity index is 659. The van der Waals surface area contributed by atoms with E-state index in [4.69, 9.17) is 15.9 Å². The zero-order valence-electron chi connectivity index (χ0n) is 14.1. The van der Waals surface area contributed by atoms with Crippen LogP contribution in [0, 0.1) is 0 Å². The number of carbonyl (C=O) groups excluding carboxylic acids is 1. The van der Waals surface area contributed by atoms with Gasteiger partial charge in [0.15, 0.2) is 5.78 Å². The second-order valence-corrected chi connectivity index (χ2v) is 5.59. The van der Waals surface area contributed by atoms with Crippen LogP contribution < -0.4 is 11.1 Å². The molecule has 0 saturated heterocycles. The molecule has 0 bridgehead atoms. The second-order valence-electron chi connectivity index (χ2n) is 5.59. The summed E-state index contributed by atoms with van der Waals surface area (Å²) >= 11 is 0. The maximum Gasteiger partial charge on any atom is 0.180 e.